The second kappa shape index (κ2) is 4.57. The summed E-state index contributed by atoms with van der Waals surface area (Å²) in [5.41, 5.74) is 0.310. The topological polar surface area (TPSA) is 31.2 Å². The minimum Gasteiger partial charge on any atom is -0.443 e. The van der Waals surface area contributed by atoms with Gasteiger partial charge < -0.3 is 4.74 Å². The molecule has 0 N–H and O–H groups in total. The first kappa shape index (κ1) is 13.4. The average molecular weight is 257 g/mol. The summed E-state index contributed by atoms with van der Waals surface area (Å²) in [4.78, 5) is 12.4. The van der Waals surface area contributed by atoms with Crippen molar-refractivity contribution in [1.29, 1.82) is 0 Å². The average Bonchev–Trinajstić information content (AvgIpc) is 2.60. The van der Waals surface area contributed by atoms with Crippen molar-refractivity contribution in [1.82, 2.24) is 4.57 Å². The highest BCUT2D eigenvalue weighted by Gasteiger charge is 2.20. The number of benzene rings is 1. The molecule has 3 nitrogen and oxygen atoms in total. The molecule has 0 saturated heterocycles. The molecule has 0 bridgehead atoms. The summed E-state index contributed by atoms with van der Waals surface area (Å²) in [5.74, 6) is 0. The van der Waals surface area contributed by atoms with E-state index in [1.54, 1.807) is 4.57 Å². The monoisotopic (exact) mass is 257 g/mol. The Morgan fingerprint density at radius 3 is 2.53 bits per heavy atom. The Balaban J connectivity index is 2.73. The number of rotatable bonds is 0. The fourth-order valence-electron chi connectivity index (χ4n) is 2.13. The number of hydrogen-bond acceptors (Lipinski definition) is 2. The smallest absolute Gasteiger partial charge is 0.419 e. The zero-order valence-corrected chi connectivity index (χ0v) is 11.9. The Labute approximate surface area is 112 Å². The van der Waals surface area contributed by atoms with Crippen LogP contribution in [0, 0.1) is 0 Å². The SMILES string of the molecule is C=c1/c(=C\C)n(C(=O)OC(C)(C)C)c2ccccc12. The molecule has 0 fully saturated rings. The van der Waals surface area contributed by atoms with Crippen LogP contribution in [0.4, 0.5) is 4.79 Å². The zero-order chi connectivity index (χ0) is 14.2. The third-order valence-corrected chi connectivity index (χ3v) is 2.87. The highest BCUT2D eigenvalue weighted by molar-refractivity contribution is 5.90. The first-order chi connectivity index (χ1) is 8.85. The van der Waals surface area contributed by atoms with E-state index in [4.69, 9.17) is 4.74 Å². The lowest BCUT2D eigenvalue weighted by Crippen LogP contribution is -2.36. The van der Waals surface area contributed by atoms with Crippen molar-refractivity contribution < 1.29 is 9.53 Å². The van der Waals surface area contributed by atoms with Crippen LogP contribution in [-0.2, 0) is 4.74 Å². The molecule has 1 heterocycles. The molecule has 3 heteroatoms. The van der Waals surface area contributed by atoms with E-state index in [0.29, 0.717) is 0 Å². The van der Waals surface area contributed by atoms with Crippen LogP contribution in [-0.4, -0.2) is 16.3 Å². The number of nitrogens with zero attached hydrogens (tertiary/aromatic N) is 1. The van der Waals surface area contributed by atoms with Crippen LogP contribution >= 0.6 is 0 Å². The van der Waals surface area contributed by atoms with Gasteiger partial charge in [-0.25, -0.2) is 9.36 Å². The third kappa shape index (κ3) is 2.41. The van der Waals surface area contributed by atoms with Crippen molar-refractivity contribution in [2.45, 2.75) is 33.3 Å². The molecule has 0 amide bonds. The van der Waals surface area contributed by atoms with Crippen LogP contribution in [0.2, 0.25) is 0 Å². The number of carbonyl (C=O) groups is 1. The summed E-state index contributed by atoms with van der Waals surface area (Å²) in [6, 6.07) is 7.71. The molecule has 2 rings (SSSR count). The van der Waals surface area contributed by atoms with E-state index in [1.165, 1.54) is 0 Å². The second-order valence-corrected chi connectivity index (χ2v) is 5.49. The van der Waals surface area contributed by atoms with E-state index < -0.39 is 5.60 Å². The van der Waals surface area contributed by atoms with Gasteiger partial charge in [-0.3, -0.25) is 0 Å². The number of carbonyl (C=O) groups excluding carboxylic acids is 1. The largest absolute Gasteiger partial charge is 0.443 e. The van der Waals surface area contributed by atoms with E-state index in [-0.39, 0.29) is 6.09 Å². The molecule has 1 aromatic carbocycles. The van der Waals surface area contributed by atoms with Gasteiger partial charge in [0.2, 0.25) is 0 Å². The van der Waals surface area contributed by atoms with E-state index >= 15 is 0 Å². The summed E-state index contributed by atoms with van der Waals surface area (Å²) >= 11 is 0. The molecular formula is C16H19NO2. The highest BCUT2D eigenvalue weighted by atomic mass is 16.6. The lowest BCUT2D eigenvalue weighted by atomic mass is 10.2. The Kier molecular flexibility index (Phi) is 3.23. The van der Waals surface area contributed by atoms with Crippen molar-refractivity contribution in [3.8, 4) is 0 Å². The van der Waals surface area contributed by atoms with Crippen LogP contribution in [0.15, 0.2) is 24.3 Å². The van der Waals surface area contributed by atoms with Crippen molar-refractivity contribution in [2.75, 3.05) is 0 Å². The Bertz CT molecular complexity index is 732. The van der Waals surface area contributed by atoms with Gasteiger partial charge in [0.25, 0.3) is 0 Å². The molecule has 0 radical (unpaired) electrons. The van der Waals surface area contributed by atoms with Gasteiger partial charge >= 0.3 is 6.09 Å². The van der Waals surface area contributed by atoms with Gasteiger partial charge in [0.1, 0.15) is 5.60 Å². The lowest BCUT2D eigenvalue weighted by molar-refractivity contribution is 0.0540. The molecule has 0 saturated carbocycles. The van der Waals surface area contributed by atoms with E-state index in [9.17, 15) is 4.79 Å². The zero-order valence-electron chi connectivity index (χ0n) is 11.9. The lowest BCUT2D eigenvalue weighted by Gasteiger charge is -2.20. The molecule has 0 aliphatic carbocycles. The molecule has 2 aromatic rings. The molecular weight excluding hydrogens is 238 g/mol. The Morgan fingerprint density at radius 2 is 1.95 bits per heavy atom. The van der Waals surface area contributed by atoms with Crippen molar-refractivity contribution in [2.24, 2.45) is 0 Å². The summed E-state index contributed by atoms with van der Waals surface area (Å²) in [7, 11) is 0. The molecule has 0 unspecified atom stereocenters. The number of hydrogen-bond donors (Lipinski definition) is 0. The van der Waals surface area contributed by atoms with E-state index in [0.717, 1.165) is 21.5 Å². The Morgan fingerprint density at radius 1 is 1.32 bits per heavy atom. The van der Waals surface area contributed by atoms with Gasteiger partial charge in [-0.1, -0.05) is 30.9 Å². The van der Waals surface area contributed by atoms with Gasteiger partial charge in [0.05, 0.1) is 10.9 Å². The molecule has 1 aromatic heterocycles. The van der Waals surface area contributed by atoms with Gasteiger partial charge in [-0.05, 0) is 33.8 Å². The van der Waals surface area contributed by atoms with Crippen molar-refractivity contribution >= 4 is 29.7 Å². The van der Waals surface area contributed by atoms with Crippen LogP contribution in [0.25, 0.3) is 23.6 Å². The van der Waals surface area contributed by atoms with Crippen LogP contribution in [0.1, 0.15) is 27.7 Å². The standard InChI is InChI=1S/C16H19NO2/c1-6-13-11(2)12-9-7-8-10-14(12)17(13)15(18)19-16(3,4)5/h6-10H,2H2,1,3-5H3/b13-6+. The first-order valence-electron chi connectivity index (χ1n) is 6.33. The predicted molar refractivity (Wildman–Crippen MR) is 78.5 cm³/mol. The summed E-state index contributed by atoms with van der Waals surface area (Å²) in [5, 5.41) is 2.61. The molecule has 100 valence electrons. The van der Waals surface area contributed by atoms with Gasteiger partial charge in [0.15, 0.2) is 0 Å². The summed E-state index contributed by atoms with van der Waals surface area (Å²) in [6.45, 7) is 11.5. The maximum atomic E-state index is 12.4. The van der Waals surface area contributed by atoms with E-state index in [1.807, 2.05) is 58.0 Å². The van der Waals surface area contributed by atoms with E-state index in [2.05, 4.69) is 6.58 Å². The number of ether oxygens (including phenoxy) is 1. The minimum absolute atomic E-state index is 0.369. The molecule has 0 aliphatic heterocycles. The minimum atomic E-state index is -0.519. The number of fused-ring (bicyclic) bond motifs is 1. The quantitative estimate of drug-likeness (QED) is 0.726. The molecule has 0 spiro atoms. The fourth-order valence-corrected chi connectivity index (χ4v) is 2.13. The number of para-hydroxylation sites is 1. The second-order valence-electron chi connectivity index (χ2n) is 5.49. The third-order valence-electron chi connectivity index (χ3n) is 2.87. The highest BCUT2D eigenvalue weighted by Crippen LogP contribution is 2.12. The molecule has 0 aliphatic rings. The molecule has 0 atom stereocenters. The van der Waals surface area contributed by atoms with Gasteiger partial charge in [-0.15, -0.1) is 0 Å². The predicted octanol–water partition coefficient (Wildman–Crippen LogP) is 2.64. The number of aromatic nitrogens is 1. The fraction of sp³-hybridized carbons (Fsp3) is 0.312. The van der Waals surface area contributed by atoms with Crippen molar-refractivity contribution in [3.05, 3.63) is 34.8 Å². The maximum absolute atomic E-state index is 12.4. The molecule has 19 heavy (non-hydrogen) atoms. The van der Waals surface area contributed by atoms with Crippen molar-refractivity contribution in [3.63, 3.8) is 0 Å². The van der Waals surface area contributed by atoms with Crippen LogP contribution < -0.4 is 10.6 Å². The normalized spacial score (nSPS) is 12.9. The van der Waals surface area contributed by atoms with Gasteiger partial charge in [0, 0.05) is 10.6 Å². The van der Waals surface area contributed by atoms with Gasteiger partial charge in [-0.2, -0.15) is 0 Å². The van der Waals surface area contributed by atoms with Crippen LogP contribution in [0.5, 0.6) is 0 Å². The summed E-state index contributed by atoms with van der Waals surface area (Å²) in [6.07, 6.45) is 1.51. The Hall–Kier alpha value is -2.03. The maximum Gasteiger partial charge on any atom is 0.419 e. The first-order valence-corrected chi connectivity index (χ1v) is 6.33. The summed E-state index contributed by atoms with van der Waals surface area (Å²) < 4.78 is 7.05. The van der Waals surface area contributed by atoms with Crippen LogP contribution in [0.3, 0.4) is 0 Å².